The number of carbonyl (C=O) groups is 1. The number of amides is 1. The highest BCUT2D eigenvalue weighted by molar-refractivity contribution is 6.31. The van der Waals surface area contributed by atoms with Crippen LogP contribution in [-0.4, -0.2) is 11.0 Å². The maximum Gasteiger partial charge on any atom is 0.293 e. The van der Waals surface area contributed by atoms with Gasteiger partial charge in [-0.05, 0) is 18.2 Å². The van der Waals surface area contributed by atoms with Crippen LogP contribution in [0.15, 0.2) is 18.2 Å². The molecule has 0 saturated carbocycles. The lowest BCUT2D eigenvalue weighted by Crippen LogP contribution is -2.06. The van der Waals surface area contributed by atoms with Gasteiger partial charge in [0.05, 0.1) is 5.02 Å². The Balaban J connectivity index is 3.05. The number of nitrogens with two attached hydrogens (primary N) is 1. The van der Waals surface area contributed by atoms with Crippen molar-refractivity contribution in [1.82, 2.24) is 0 Å². The standard InChI is InChI=1S/C9H6ClNO2/c10-8-5-7(12)3-1-6(8)2-4-9(11)13/h1,3,5,12H,(H2,11,13). The van der Waals surface area contributed by atoms with E-state index in [1.165, 1.54) is 18.2 Å². The van der Waals surface area contributed by atoms with E-state index in [0.717, 1.165) is 0 Å². The average molecular weight is 196 g/mol. The molecule has 0 heterocycles. The molecule has 13 heavy (non-hydrogen) atoms. The van der Waals surface area contributed by atoms with Gasteiger partial charge in [0.2, 0.25) is 0 Å². The van der Waals surface area contributed by atoms with Crippen molar-refractivity contribution >= 4 is 17.5 Å². The van der Waals surface area contributed by atoms with E-state index in [0.29, 0.717) is 5.56 Å². The number of halogens is 1. The van der Waals surface area contributed by atoms with Crippen LogP contribution in [0, 0.1) is 11.8 Å². The van der Waals surface area contributed by atoms with Crippen molar-refractivity contribution in [2.75, 3.05) is 0 Å². The Morgan fingerprint density at radius 3 is 2.77 bits per heavy atom. The number of phenolic OH excluding ortho intramolecular Hbond substituents is 1. The van der Waals surface area contributed by atoms with Crippen LogP contribution >= 0.6 is 11.6 Å². The van der Waals surface area contributed by atoms with Gasteiger partial charge in [0.15, 0.2) is 0 Å². The summed E-state index contributed by atoms with van der Waals surface area (Å²) in [6, 6.07) is 4.27. The molecule has 0 saturated heterocycles. The first-order valence-corrected chi connectivity index (χ1v) is 3.77. The third kappa shape index (κ3) is 2.69. The second kappa shape index (κ2) is 3.83. The topological polar surface area (TPSA) is 63.3 Å². The van der Waals surface area contributed by atoms with Crippen molar-refractivity contribution in [3.8, 4) is 17.6 Å². The van der Waals surface area contributed by atoms with Crippen molar-refractivity contribution in [2.24, 2.45) is 5.73 Å². The zero-order valence-corrected chi connectivity index (χ0v) is 7.30. The Kier molecular flexibility index (Phi) is 2.78. The van der Waals surface area contributed by atoms with Gasteiger partial charge in [-0.25, -0.2) is 0 Å². The molecule has 0 aliphatic carbocycles. The van der Waals surface area contributed by atoms with Gasteiger partial charge >= 0.3 is 0 Å². The first-order chi connectivity index (χ1) is 6.09. The molecular weight excluding hydrogens is 190 g/mol. The molecule has 0 bridgehead atoms. The second-order valence-corrected chi connectivity index (χ2v) is 2.69. The van der Waals surface area contributed by atoms with Crippen molar-refractivity contribution in [3.05, 3.63) is 28.8 Å². The van der Waals surface area contributed by atoms with E-state index >= 15 is 0 Å². The smallest absolute Gasteiger partial charge is 0.293 e. The summed E-state index contributed by atoms with van der Waals surface area (Å²) in [6.45, 7) is 0. The minimum atomic E-state index is -0.718. The fourth-order valence-corrected chi connectivity index (χ4v) is 0.956. The van der Waals surface area contributed by atoms with Gasteiger partial charge < -0.3 is 10.8 Å². The summed E-state index contributed by atoms with van der Waals surface area (Å²) in [5.41, 5.74) is 5.27. The molecule has 1 amide bonds. The molecule has 3 N–H and O–H groups in total. The number of primary amides is 1. The molecule has 0 atom stereocenters. The summed E-state index contributed by atoms with van der Waals surface area (Å²) in [4.78, 5) is 10.3. The summed E-state index contributed by atoms with van der Waals surface area (Å²) >= 11 is 5.70. The summed E-state index contributed by atoms with van der Waals surface area (Å²) in [5, 5.41) is 9.28. The third-order valence-corrected chi connectivity index (χ3v) is 1.59. The molecule has 1 aromatic rings. The quantitative estimate of drug-likeness (QED) is 0.604. The molecule has 0 aromatic heterocycles. The van der Waals surface area contributed by atoms with Crippen LogP contribution in [-0.2, 0) is 4.79 Å². The molecule has 0 aliphatic heterocycles. The minimum Gasteiger partial charge on any atom is -0.508 e. The van der Waals surface area contributed by atoms with E-state index in [4.69, 9.17) is 22.4 Å². The summed E-state index contributed by atoms with van der Waals surface area (Å²) in [7, 11) is 0. The van der Waals surface area contributed by atoms with Gasteiger partial charge in [-0.2, -0.15) is 0 Å². The highest BCUT2D eigenvalue weighted by Gasteiger charge is 1.97. The molecule has 4 heteroatoms. The molecule has 0 fully saturated rings. The lowest BCUT2D eigenvalue weighted by molar-refractivity contribution is -0.112. The van der Waals surface area contributed by atoms with E-state index in [-0.39, 0.29) is 10.8 Å². The monoisotopic (exact) mass is 195 g/mol. The lowest BCUT2D eigenvalue weighted by atomic mass is 10.2. The fraction of sp³-hybridized carbons (Fsp3) is 0. The third-order valence-electron chi connectivity index (χ3n) is 1.27. The number of rotatable bonds is 0. The zero-order chi connectivity index (χ0) is 9.84. The van der Waals surface area contributed by atoms with E-state index in [9.17, 15) is 4.79 Å². The van der Waals surface area contributed by atoms with Crippen molar-refractivity contribution in [2.45, 2.75) is 0 Å². The molecule has 0 unspecified atom stereocenters. The van der Waals surface area contributed by atoms with Gasteiger partial charge in [-0.15, -0.1) is 0 Å². The van der Waals surface area contributed by atoms with Crippen LogP contribution in [0.3, 0.4) is 0 Å². The maximum atomic E-state index is 10.3. The predicted molar refractivity (Wildman–Crippen MR) is 49.2 cm³/mol. The fourth-order valence-electron chi connectivity index (χ4n) is 0.734. The first-order valence-electron chi connectivity index (χ1n) is 3.39. The molecule has 0 spiro atoms. The van der Waals surface area contributed by atoms with Crippen LogP contribution in [0.4, 0.5) is 0 Å². The molecule has 0 aliphatic rings. The van der Waals surface area contributed by atoms with Gasteiger partial charge in [-0.3, -0.25) is 4.79 Å². The Morgan fingerprint density at radius 2 is 2.23 bits per heavy atom. The molecule has 1 aromatic carbocycles. The molecule has 1 rings (SSSR count). The summed E-state index contributed by atoms with van der Waals surface area (Å²) in [6.07, 6.45) is 0. The van der Waals surface area contributed by atoms with Gasteiger partial charge in [0, 0.05) is 11.5 Å². The van der Waals surface area contributed by atoms with Crippen LogP contribution in [0.5, 0.6) is 5.75 Å². The molecule has 3 nitrogen and oxygen atoms in total. The Bertz CT molecular complexity index is 404. The SMILES string of the molecule is NC(=O)C#Cc1ccc(O)cc1Cl. The zero-order valence-electron chi connectivity index (χ0n) is 6.54. The Hall–Kier alpha value is -1.66. The number of hydrogen-bond donors (Lipinski definition) is 2. The minimum absolute atomic E-state index is 0.0506. The second-order valence-electron chi connectivity index (χ2n) is 2.28. The normalized spacial score (nSPS) is 8.69. The highest BCUT2D eigenvalue weighted by atomic mass is 35.5. The van der Waals surface area contributed by atoms with Crippen molar-refractivity contribution < 1.29 is 9.90 Å². The van der Waals surface area contributed by atoms with Gasteiger partial charge in [0.1, 0.15) is 5.75 Å². The van der Waals surface area contributed by atoms with E-state index in [1.807, 2.05) is 0 Å². The van der Waals surface area contributed by atoms with Gasteiger partial charge in [-0.1, -0.05) is 17.5 Å². The number of aromatic hydroxyl groups is 1. The van der Waals surface area contributed by atoms with Crippen LogP contribution in [0.25, 0.3) is 0 Å². The molecule has 66 valence electrons. The van der Waals surface area contributed by atoms with Crippen molar-refractivity contribution in [3.63, 3.8) is 0 Å². The Morgan fingerprint density at radius 1 is 1.54 bits per heavy atom. The van der Waals surface area contributed by atoms with Crippen LogP contribution in [0.2, 0.25) is 5.02 Å². The summed E-state index contributed by atoms with van der Waals surface area (Å²) in [5.74, 6) is 3.95. The number of carbonyl (C=O) groups excluding carboxylic acids is 1. The predicted octanol–water partition coefficient (Wildman–Crippen LogP) is 0.882. The van der Waals surface area contributed by atoms with E-state index in [2.05, 4.69) is 11.8 Å². The number of benzene rings is 1. The lowest BCUT2D eigenvalue weighted by Gasteiger charge is -1.95. The molecular formula is C9H6ClNO2. The highest BCUT2D eigenvalue weighted by Crippen LogP contribution is 2.20. The molecule has 0 radical (unpaired) electrons. The Labute approximate surface area is 80.1 Å². The maximum absolute atomic E-state index is 10.3. The number of hydrogen-bond acceptors (Lipinski definition) is 2. The van der Waals surface area contributed by atoms with Gasteiger partial charge in [0.25, 0.3) is 5.91 Å². The van der Waals surface area contributed by atoms with E-state index in [1.54, 1.807) is 0 Å². The van der Waals surface area contributed by atoms with Crippen LogP contribution < -0.4 is 5.73 Å². The van der Waals surface area contributed by atoms with Crippen molar-refractivity contribution in [1.29, 1.82) is 0 Å². The first kappa shape index (κ1) is 9.43. The summed E-state index contributed by atoms with van der Waals surface area (Å²) < 4.78 is 0. The van der Waals surface area contributed by atoms with E-state index < -0.39 is 5.91 Å². The average Bonchev–Trinajstić information content (AvgIpc) is 2.02. The number of phenols is 1. The van der Waals surface area contributed by atoms with Crippen LogP contribution in [0.1, 0.15) is 5.56 Å². The largest absolute Gasteiger partial charge is 0.508 e.